The molecule has 0 bridgehead atoms. The van der Waals surface area contributed by atoms with Crippen LogP contribution in [0.25, 0.3) is 5.69 Å². The number of carbonyl (C=O) groups excluding carboxylic acids is 1. The summed E-state index contributed by atoms with van der Waals surface area (Å²) in [6.07, 6.45) is 4.68. The lowest BCUT2D eigenvalue weighted by atomic mass is 10.1. The Morgan fingerprint density at radius 1 is 1.03 bits per heavy atom. The van der Waals surface area contributed by atoms with Crippen molar-refractivity contribution >= 4 is 38.9 Å². The lowest BCUT2D eigenvalue weighted by Gasteiger charge is -2.15. The van der Waals surface area contributed by atoms with E-state index >= 15 is 0 Å². The molecule has 158 valence electrons. The Kier molecular flexibility index (Phi) is 6.23. The number of hydrogen-bond acceptors (Lipinski definition) is 5. The van der Waals surface area contributed by atoms with Crippen LogP contribution in [-0.2, 0) is 10.0 Å². The van der Waals surface area contributed by atoms with E-state index in [4.69, 9.17) is 21.1 Å². The molecule has 30 heavy (non-hydrogen) atoms. The molecule has 0 fully saturated rings. The highest BCUT2D eigenvalue weighted by molar-refractivity contribution is 7.92. The van der Waals surface area contributed by atoms with Gasteiger partial charge in [0.15, 0.2) is 0 Å². The Morgan fingerprint density at radius 2 is 1.70 bits per heavy atom. The van der Waals surface area contributed by atoms with E-state index in [0.29, 0.717) is 27.9 Å². The fraction of sp³-hybridized carbons (Fsp3) is 0.150. The summed E-state index contributed by atoms with van der Waals surface area (Å²) in [6.45, 7) is 0. The molecule has 1 aromatic heterocycles. The van der Waals surface area contributed by atoms with Gasteiger partial charge in [-0.25, -0.2) is 8.42 Å². The number of rotatable bonds is 7. The molecule has 0 aliphatic rings. The summed E-state index contributed by atoms with van der Waals surface area (Å²) in [4.78, 5) is 12.9. The Labute approximate surface area is 179 Å². The van der Waals surface area contributed by atoms with Crippen LogP contribution in [0.5, 0.6) is 11.5 Å². The Hall–Kier alpha value is -3.17. The van der Waals surface area contributed by atoms with Gasteiger partial charge in [-0.1, -0.05) is 11.6 Å². The summed E-state index contributed by atoms with van der Waals surface area (Å²) in [6, 6.07) is 11.5. The maximum atomic E-state index is 12.9. The number of nitrogens with one attached hydrogen (secondary N) is 2. The highest BCUT2D eigenvalue weighted by atomic mass is 35.5. The van der Waals surface area contributed by atoms with Crippen LogP contribution in [0.15, 0.2) is 54.9 Å². The summed E-state index contributed by atoms with van der Waals surface area (Å²) in [5.74, 6) is 0.182. The SMILES string of the molecule is COc1ccc(NC(=O)c2cc(Cl)c(-n3cccc3)cc2OC)cc1NS(C)(=O)=O. The van der Waals surface area contributed by atoms with Gasteiger partial charge < -0.3 is 19.4 Å². The normalized spacial score (nSPS) is 11.1. The standard InChI is InChI=1S/C20H20ClN3O5S/c1-28-18-7-6-13(10-16(18)23-30(3,26)27)22-20(25)14-11-15(21)17(12-19(14)29-2)24-8-4-5-9-24/h4-12,23H,1-3H3,(H,22,25). The van der Waals surface area contributed by atoms with Crippen LogP contribution in [0, 0.1) is 0 Å². The molecule has 1 heterocycles. The third-order valence-electron chi connectivity index (χ3n) is 4.15. The van der Waals surface area contributed by atoms with Gasteiger partial charge in [0, 0.05) is 24.1 Å². The molecule has 0 atom stereocenters. The van der Waals surface area contributed by atoms with Gasteiger partial charge in [-0.15, -0.1) is 0 Å². The van der Waals surface area contributed by atoms with Crippen molar-refractivity contribution in [3.63, 3.8) is 0 Å². The summed E-state index contributed by atoms with van der Waals surface area (Å²) in [5, 5.41) is 3.08. The second-order valence-corrected chi connectivity index (χ2v) is 8.49. The van der Waals surface area contributed by atoms with Crippen molar-refractivity contribution in [1.29, 1.82) is 0 Å². The minimum atomic E-state index is -3.53. The highest BCUT2D eigenvalue weighted by Gasteiger charge is 2.18. The Bertz CT molecular complexity index is 1180. The quantitative estimate of drug-likeness (QED) is 0.572. The fourth-order valence-electron chi connectivity index (χ4n) is 2.85. The summed E-state index contributed by atoms with van der Waals surface area (Å²) >= 11 is 6.38. The zero-order valence-electron chi connectivity index (χ0n) is 16.5. The number of halogens is 1. The smallest absolute Gasteiger partial charge is 0.259 e. The number of benzene rings is 2. The van der Waals surface area contributed by atoms with Gasteiger partial charge in [0.1, 0.15) is 11.5 Å². The first kappa shape index (κ1) is 21.5. The third-order valence-corrected chi connectivity index (χ3v) is 5.04. The van der Waals surface area contributed by atoms with E-state index in [-0.39, 0.29) is 11.3 Å². The van der Waals surface area contributed by atoms with E-state index in [1.54, 1.807) is 22.8 Å². The molecule has 0 saturated heterocycles. The van der Waals surface area contributed by atoms with Crippen molar-refractivity contribution in [2.75, 3.05) is 30.5 Å². The molecule has 3 rings (SSSR count). The summed E-state index contributed by atoms with van der Waals surface area (Å²) in [5.41, 5.74) is 1.45. The van der Waals surface area contributed by atoms with Gasteiger partial charge in [0.2, 0.25) is 10.0 Å². The molecule has 0 aliphatic carbocycles. The van der Waals surface area contributed by atoms with E-state index in [9.17, 15) is 13.2 Å². The molecule has 0 spiro atoms. The number of anilines is 2. The molecular weight excluding hydrogens is 430 g/mol. The van der Waals surface area contributed by atoms with Gasteiger partial charge in [0.05, 0.1) is 42.4 Å². The number of sulfonamides is 1. The first-order valence-corrected chi connectivity index (χ1v) is 11.0. The molecule has 0 unspecified atom stereocenters. The molecule has 0 saturated carbocycles. The largest absolute Gasteiger partial charge is 0.496 e. The van der Waals surface area contributed by atoms with E-state index in [1.165, 1.54) is 26.4 Å². The minimum absolute atomic E-state index is 0.200. The zero-order valence-corrected chi connectivity index (χ0v) is 18.0. The number of carbonyl (C=O) groups is 1. The topological polar surface area (TPSA) is 98.7 Å². The van der Waals surface area contributed by atoms with E-state index < -0.39 is 15.9 Å². The molecule has 2 aromatic carbocycles. The van der Waals surface area contributed by atoms with Crippen LogP contribution in [0.3, 0.4) is 0 Å². The zero-order chi connectivity index (χ0) is 21.9. The van der Waals surface area contributed by atoms with Crippen molar-refractivity contribution in [2.24, 2.45) is 0 Å². The Morgan fingerprint density at radius 3 is 2.30 bits per heavy atom. The maximum absolute atomic E-state index is 12.9. The lowest BCUT2D eigenvalue weighted by Crippen LogP contribution is -2.15. The van der Waals surface area contributed by atoms with E-state index in [0.717, 1.165) is 6.26 Å². The second kappa shape index (κ2) is 8.68. The molecule has 1 amide bonds. The molecule has 3 aromatic rings. The van der Waals surface area contributed by atoms with Crippen molar-refractivity contribution in [1.82, 2.24) is 4.57 Å². The van der Waals surface area contributed by atoms with E-state index in [2.05, 4.69) is 10.0 Å². The van der Waals surface area contributed by atoms with Gasteiger partial charge in [-0.05, 0) is 36.4 Å². The molecule has 8 nitrogen and oxygen atoms in total. The molecule has 2 N–H and O–H groups in total. The number of ether oxygens (including phenoxy) is 2. The van der Waals surface area contributed by atoms with Crippen molar-refractivity contribution in [2.45, 2.75) is 0 Å². The average molecular weight is 450 g/mol. The molecular formula is C20H20ClN3O5S. The molecule has 10 heteroatoms. The summed E-state index contributed by atoms with van der Waals surface area (Å²) in [7, 11) is -0.656. The number of hydrogen-bond donors (Lipinski definition) is 2. The van der Waals surface area contributed by atoms with Crippen molar-refractivity contribution in [3.05, 3.63) is 65.4 Å². The van der Waals surface area contributed by atoms with Gasteiger partial charge >= 0.3 is 0 Å². The number of nitrogens with zero attached hydrogens (tertiary/aromatic N) is 1. The number of methoxy groups -OCH3 is 2. The maximum Gasteiger partial charge on any atom is 0.259 e. The van der Waals surface area contributed by atoms with Crippen molar-refractivity contribution < 1.29 is 22.7 Å². The minimum Gasteiger partial charge on any atom is -0.496 e. The Balaban J connectivity index is 1.92. The monoisotopic (exact) mass is 449 g/mol. The van der Waals surface area contributed by atoms with Gasteiger partial charge in [0.25, 0.3) is 5.91 Å². The first-order chi connectivity index (χ1) is 14.2. The van der Waals surface area contributed by atoms with Crippen molar-refractivity contribution in [3.8, 4) is 17.2 Å². The van der Waals surface area contributed by atoms with Crippen LogP contribution in [-0.4, -0.2) is 39.4 Å². The number of amides is 1. The van der Waals surface area contributed by atoms with Gasteiger partial charge in [-0.2, -0.15) is 0 Å². The van der Waals surface area contributed by atoms with Crippen LogP contribution >= 0.6 is 11.6 Å². The predicted molar refractivity (Wildman–Crippen MR) is 117 cm³/mol. The lowest BCUT2D eigenvalue weighted by molar-refractivity contribution is 0.102. The highest BCUT2D eigenvalue weighted by Crippen LogP contribution is 2.32. The molecule has 0 aliphatic heterocycles. The first-order valence-electron chi connectivity index (χ1n) is 8.70. The summed E-state index contributed by atoms with van der Waals surface area (Å²) < 4.78 is 37.9. The van der Waals surface area contributed by atoms with Crippen LogP contribution in [0.2, 0.25) is 5.02 Å². The second-order valence-electron chi connectivity index (χ2n) is 6.34. The third kappa shape index (κ3) is 4.87. The van der Waals surface area contributed by atoms with Crippen LogP contribution < -0.4 is 19.5 Å². The van der Waals surface area contributed by atoms with Crippen LogP contribution in [0.1, 0.15) is 10.4 Å². The fourth-order valence-corrected chi connectivity index (χ4v) is 3.67. The van der Waals surface area contributed by atoms with Gasteiger partial charge in [-0.3, -0.25) is 9.52 Å². The molecule has 0 radical (unpaired) electrons. The van der Waals surface area contributed by atoms with Crippen LogP contribution in [0.4, 0.5) is 11.4 Å². The van der Waals surface area contributed by atoms with E-state index in [1.807, 2.05) is 24.5 Å². The predicted octanol–water partition coefficient (Wildman–Crippen LogP) is 3.77. The number of aromatic nitrogens is 1. The average Bonchev–Trinajstić information content (AvgIpc) is 3.21.